The highest BCUT2D eigenvalue weighted by atomic mass is 35.5. The van der Waals surface area contributed by atoms with Gasteiger partial charge >= 0.3 is 6.18 Å². The first kappa shape index (κ1) is 23.8. The van der Waals surface area contributed by atoms with Crippen molar-refractivity contribution in [2.24, 2.45) is 5.92 Å². The zero-order valence-electron chi connectivity index (χ0n) is 18.3. The molecule has 0 radical (unpaired) electrons. The zero-order chi connectivity index (χ0) is 23.4. The highest BCUT2D eigenvalue weighted by Gasteiger charge is 2.31. The molecule has 9 heteroatoms. The van der Waals surface area contributed by atoms with Crippen molar-refractivity contribution in [1.82, 2.24) is 15.2 Å². The Labute approximate surface area is 196 Å². The molecule has 3 heterocycles. The van der Waals surface area contributed by atoms with Crippen molar-refractivity contribution >= 4 is 23.3 Å². The van der Waals surface area contributed by atoms with Crippen LogP contribution in [0.25, 0.3) is 0 Å². The van der Waals surface area contributed by atoms with Gasteiger partial charge in [-0.3, -0.25) is 9.69 Å². The number of hydrogen-bond acceptors (Lipinski definition) is 4. The fourth-order valence-electron chi connectivity index (χ4n) is 4.58. The first-order valence-electron chi connectivity index (χ1n) is 11.3. The van der Waals surface area contributed by atoms with Crippen molar-refractivity contribution in [3.05, 3.63) is 58.7 Å². The van der Waals surface area contributed by atoms with Gasteiger partial charge in [-0.05, 0) is 49.4 Å². The van der Waals surface area contributed by atoms with E-state index in [0.29, 0.717) is 17.1 Å². The monoisotopic (exact) mass is 480 g/mol. The van der Waals surface area contributed by atoms with E-state index in [9.17, 15) is 18.0 Å². The van der Waals surface area contributed by atoms with Gasteiger partial charge in [-0.25, -0.2) is 4.98 Å². The topological polar surface area (TPSA) is 48.5 Å². The second kappa shape index (κ2) is 10.3. The Hall–Kier alpha value is -2.32. The van der Waals surface area contributed by atoms with Gasteiger partial charge in [0.1, 0.15) is 5.82 Å². The molecule has 178 valence electrons. The van der Waals surface area contributed by atoms with Crippen LogP contribution in [-0.4, -0.2) is 48.0 Å². The van der Waals surface area contributed by atoms with Gasteiger partial charge in [0, 0.05) is 50.9 Å². The summed E-state index contributed by atoms with van der Waals surface area (Å²) in [4.78, 5) is 21.4. The summed E-state index contributed by atoms with van der Waals surface area (Å²) in [6, 6.07) is 9.35. The number of piperidine rings is 2. The number of pyridine rings is 1. The van der Waals surface area contributed by atoms with Crippen molar-refractivity contribution < 1.29 is 18.0 Å². The molecule has 2 aliphatic heterocycles. The number of amides is 1. The highest BCUT2D eigenvalue weighted by molar-refractivity contribution is 6.30. The summed E-state index contributed by atoms with van der Waals surface area (Å²) in [6.07, 6.45) is 0.482. The lowest BCUT2D eigenvalue weighted by Gasteiger charge is -2.35. The van der Waals surface area contributed by atoms with Crippen LogP contribution in [0.2, 0.25) is 5.02 Å². The lowest BCUT2D eigenvalue weighted by Crippen LogP contribution is -2.48. The first-order chi connectivity index (χ1) is 15.8. The molecule has 1 amide bonds. The van der Waals surface area contributed by atoms with Crippen molar-refractivity contribution in [3.8, 4) is 0 Å². The van der Waals surface area contributed by atoms with E-state index in [-0.39, 0.29) is 17.9 Å². The zero-order valence-corrected chi connectivity index (χ0v) is 19.1. The number of anilines is 1. The Balaban J connectivity index is 1.20. The maximum atomic E-state index is 12.9. The second-order valence-electron chi connectivity index (χ2n) is 8.85. The number of carbonyl (C=O) groups excluding carboxylic acids is 1. The number of benzene rings is 1. The molecule has 0 bridgehead atoms. The average Bonchev–Trinajstić information content (AvgIpc) is 2.81. The van der Waals surface area contributed by atoms with Gasteiger partial charge in [0.2, 0.25) is 5.91 Å². The predicted octanol–water partition coefficient (Wildman–Crippen LogP) is 4.75. The molecule has 0 saturated carbocycles. The number of halogens is 4. The Morgan fingerprint density at radius 2 is 1.79 bits per heavy atom. The summed E-state index contributed by atoms with van der Waals surface area (Å²) >= 11 is 5.90. The van der Waals surface area contributed by atoms with Crippen LogP contribution in [0.4, 0.5) is 19.0 Å². The number of nitrogens with one attached hydrogen (secondary N) is 1. The van der Waals surface area contributed by atoms with Crippen LogP contribution in [0.5, 0.6) is 0 Å². The van der Waals surface area contributed by atoms with Crippen LogP contribution in [0, 0.1) is 5.92 Å². The second-order valence-corrected chi connectivity index (χ2v) is 9.29. The van der Waals surface area contributed by atoms with Crippen LogP contribution in [0.3, 0.4) is 0 Å². The summed E-state index contributed by atoms with van der Waals surface area (Å²) < 4.78 is 38.8. The van der Waals surface area contributed by atoms with Gasteiger partial charge in [0.05, 0.1) is 10.6 Å². The number of hydrogen-bond donors (Lipinski definition) is 1. The third-order valence-corrected chi connectivity index (χ3v) is 6.72. The van der Waals surface area contributed by atoms with Gasteiger partial charge in [-0.2, -0.15) is 13.2 Å². The number of aromatic nitrogens is 1. The smallest absolute Gasteiger partial charge is 0.357 e. The fourth-order valence-corrected chi connectivity index (χ4v) is 4.70. The number of rotatable bonds is 5. The molecule has 33 heavy (non-hydrogen) atoms. The minimum absolute atomic E-state index is 0.00307. The molecule has 0 aliphatic carbocycles. The molecule has 1 aromatic heterocycles. The Morgan fingerprint density at radius 3 is 2.42 bits per heavy atom. The third-order valence-electron chi connectivity index (χ3n) is 6.50. The van der Waals surface area contributed by atoms with Gasteiger partial charge in [0.15, 0.2) is 0 Å². The quantitative estimate of drug-likeness (QED) is 0.671. The molecule has 2 aliphatic rings. The predicted molar refractivity (Wildman–Crippen MR) is 122 cm³/mol. The molecule has 2 fully saturated rings. The van der Waals surface area contributed by atoms with Gasteiger partial charge in [0.25, 0.3) is 0 Å². The van der Waals surface area contributed by atoms with E-state index in [1.54, 1.807) is 12.3 Å². The molecule has 5 nitrogen and oxygen atoms in total. The molecule has 2 aromatic rings. The van der Waals surface area contributed by atoms with E-state index in [1.807, 2.05) is 12.1 Å². The first-order valence-corrected chi connectivity index (χ1v) is 11.7. The van der Waals surface area contributed by atoms with Gasteiger partial charge < -0.3 is 10.2 Å². The van der Waals surface area contributed by atoms with Crippen LogP contribution in [-0.2, 0) is 17.5 Å². The van der Waals surface area contributed by atoms with Crippen LogP contribution < -0.4 is 10.2 Å². The molecule has 2 saturated heterocycles. The average molecular weight is 481 g/mol. The molecule has 1 N–H and O–H groups in total. The largest absolute Gasteiger partial charge is 0.416 e. The van der Waals surface area contributed by atoms with E-state index >= 15 is 0 Å². The molecule has 0 unspecified atom stereocenters. The maximum Gasteiger partial charge on any atom is 0.416 e. The summed E-state index contributed by atoms with van der Waals surface area (Å²) in [6.45, 7) is 3.55. The van der Waals surface area contributed by atoms with E-state index < -0.39 is 11.7 Å². The number of nitrogens with zero attached hydrogens (tertiary/aromatic N) is 3. The van der Waals surface area contributed by atoms with Crippen molar-refractivity contribution in [2.45, 2.75) is 44.4 Å². The summed E-state index contributed by atoms with van der Waals surface area (Å²) in [5.74, 6) is 0.984. The normalized spacial score (nSPS) is 19.0. The van der Waals surface area contributed by atoms with E-state index in [1.165, 1.54) is 12.1 Å². The van der Waals surface area contributed by atoms with Crippen molar-refractivity contribution in [1.29, 1.82) is 0 Å². The minimum Gasteiger partial charge on any atom is -0.357 e. The fraction of sp³-hybridized carbons (Fsp3) is 0.500. The van der Waals surface area contributed by atoms with Gasteiger partial charge in [-0.1, -0.05) is 29.8 Å². The maximum absolute atomic E-state index is 12.9. The molecule has 1 aromatic carbocycles. The molecule has 0 atom stereocenters. The molecule has 4 rings (SSSR count). The lowest BCUT2D eigenvalue weighted by molar-refractivity contribution is -0.137. The lowest BCUT2D eigenvalue weighted by atomic mass is 9.94. The standard InChI is InChI=1S/C24H28ClF3N4O/c25-20-4-5-22(29-15-20)32-12-6-18(7-13-32)23(33)30-21-8-10-31(11-9-21)16-17-2-1-3-19(14-17)24(26,27)28/h1-5,14-15,18,21H,6-13,16H2,(H,30,33). The Morgan fingerprint density at radius 1 is 1.06 bits per heavy atom. The van der Waals surface area contributed by atoms with Gasteiger partial charge in [-0.15, -0.1) is 0 Å². The van der Waals surface area contributed by atoms with E-state index in [0.717, 1.165) is 63.7 Å². The Bertz CT molecular complexity index is 937. The summed E-state index contributed by atoms with van der Waals surface area (Å²) in [5, 5.41) is 3.80. The summed E-state index contributed by atoms with van der Waals surface area (Å²) in [7, 11) is 0. The SMILES string of the molecule is O=C(NC1CCN(Cc2cccc(C(F)(F)F)c2)CC1)C1CCN(c2ccc(Cl)cn2)CC1. The van der Waals surface area contributed by atoms with Crippen LogP contribution in [0.15, 0.2) is 42.6 Å². The molecular weight excluding hydrogens is 453 g/mol. The molecular formula is C24H28ClF3N4O. The Kier molecular flexibility index (Phi) is 7.44. The van der Waals surface area contributed by atoms with Crippen LogP contribution >= 0.6 is 11.6 Å². The van der Waals surface area contributed by atoms with Crippen molar-refractivity contribution in [3.63, 3.8) is 0 Å². The van der Waals surface area contributed by atoms with E-state index in [4.69, 9.17) is 11.6 Å². The number of alkyl halides is 3. The third kappa shape index (κ3) is 6.38. The number of likely N-dealkylation sites (tertiary alicyclic amines) is 1. The highest BCUT2D eigenvalue weighted by Crippen LogP contribution is 2.30. The number of carbonyl (C=O) groups is 1. The summed E-state index contributed by atoms with van der Waals surface area (Å²) in [5.41, 5.74) is 0.0503. The minimum atomic E-state index is -4.32. The molecule has 0 spiro atoms. The van der Waals surface area contributed by atoms with E-state index in [2.05, 4.69) is 20.1 Å². The van der Waals surface area contributed by atoms with Crippen LogP contribution in [0.1, 0.15) is 36.8 Å². The van der Waals surface area contributed by atoms with Crippen molar-refractivity contribution in [2.75, 3.05) is 31.1 Å².